The van der Waals surface area contributed by atoms with E-state index >= 15 is 0 Å². The number of halogens is 7. The van der Waals surface area contributed by atoms with Crippen molar-refractivity contribution in [1.82, 2.24) is 19.4 Å². The summed E-state index contributed by atoms with van der Waals surface area (Å²) in [6, 6.07) is 41.6. The number of hydrogen-bond donors (Lipinski definition) is 1. The third-order valence-corrected chi connectivity index (χ3v) is 16.9. The summed E-state index contributed by atoms with van der Waals surface area (Å²) in [5, 5.41) is 11.5. The van der Waals surface area contributed by atoms with Gasteiger partial charge in [0.1, 0.15) is 40.4 Å². The van der Waals surface area contributed by atoms with Crippen molar-refractivity contribution < 1.29 is 71.0 Å². The van der Waals surface area contributed by atoms with E-state index in [-0.39, 0.29) is 33.7 Å². The first kappa shape index (κ1) is 63.0. The highest BCUT2D eigenvalue weighted by molar-refractivity contribution is 9.10. The zero-order valence-electron chi connectivity index (χ0n) is 46.1. The Morgan fingerprint density at radius 3 is 1.48 bits per heavy atom. The molecule has 0 amide bonds. The Bertz CT molecular complexity index is 4670. The lowest BCUT2D eigenvalue weighted by Gasteiger charge is -2.22. The molecule has 0 spiro atoms. The topological polar surface area (TPSA) is 226 Å². The van der Waals surface area contributed by atoms with Crippen molar-refractivity contribution in [2.45, 2.75) is 22.9 Å². The molecular formula is C60H45Br2F5N6O13S2. The molecule has 0 saturated carbocycles. The molecule has 0 atom stereocenters. The molecule has 0 radical (unpaired) electrons. The van der Waals surface area contributed by atoms with Crippen LogP contribution < -0.4 is 43.9 Å². The van der Waals surface area contributed by atoms with Crippen LogP contribution in [0.1, 0.15) is 11.1 Å². The van der Waals surface area contributed by atoms with Crippen molar-refractivity contribution in [3.05, 3.63) is 240 Å². The summed E-state index contributed by atoms with van der Waals surface area (Å²) < 4.78 is 161. The highest BCUT2D eigenvalue weighted by Gasteiger charge is 2.32. The first-order valence-corrected chi connectivity index (χ1v) is 29.9. The molecule has 0 fully saturated rings. The zero-order chi connectivity index (χ0) is 63.0. The number of rotatable bonds is 17. The van der Waals surface area contributed by atoms with E-state index in [1.165, 1.54) is 82.1 Å². The lowest BCUT2D eigenvalue weighted by atomic mass is 10.2. The smallest absolute Gasteiger partial charge is 0.339 e. The van der Waals surface area contributed by atoms with E-state index in [4.69, 9.17) is 28.0 Å². The molecule has 11 rings (SSSR count). The quantitative estimate of drug-likeness (QED) is 0.0387. The number of aromatic nitrogens is 4. The van der Waals surface area contributed by atoms with Crippen LogP contribution in [0, 0.1) is 29.1 Å². The predicted octanol–water partition coefficient (Wildman–Crippen LogP) is 12.7. The molecule has 0 aliphatic carbocycles. The van der Waals surface area contributed by atoms with Gasteiger partial charge in [-0.2, -0.15) is 17.2 Å². The average Bonchev–Trinajstić information content (AvgIpc) is 1.30. The van der Waals surface area contributed by atoms with Crippen molar-refractivity contribution >= 4 is 85.4 Å². The molecule has 454 valence electrons. The van der Waals surface area contributed by atoms with Crippen molar-refractivity contribution in [1.29, 1.82) is 0 Å². The van der Waals surface area contributed by atoms with E-state index in [0.29, 0.717) is 44.0 Å². The summed E-state index contributed by atoms with van der Waals surface area (Å²) in [7, 11) is -3.00. The standard InChI is InChI=1S/C27H22BrN3O6S.C22H11BrF5NO5S.C11H12N2O2/c1-35-21-7-3-18(4-8-21)17-30(26-13-14-37-29-26)38(33,34)22-9-11-23-19(15-22)5-12-27(32)31(23)24-10-6-20(28)16-25(24)36-2;1-33-15-9-11(23)3-5-14(15)29-13-6-4-12(8-10(13)2-7-16(29)30)35(31,32)34-22-20(27)18(25)17(24)19(26)21(22)28;1-14-10-4-2-9(3-5-10)8-12-11-6-7-15-13-11/h3-16H,17H2,1-2H3;2-9H,1H3;2-7H,8H2,1H3,(H,12,13). The molecule has 0 aliphatic rings. The lowest BCUT2D eigenvalue weighted by Crippen LogP contribution is -2.31. The summed E-state index contributed by atoms with van der Waals surface area (Å²) in [5.41, 5.74) is 2.76. The van der Waals surface area contributed by atoms with Crippen LogP contribution in [0.5, 0.6) is 28.7 Å². The van der Waals surface area contributed by atoms with Crippen LogP contribution in [0.3, 0.4) is 0 Å². The SMILES string of the molecule is COc1cc(Br)ccc1-n1c(=O)ccc2cc(S(=O)(=O)Oc3c(F)c(F)c(F)c(F)c3F)ccc21.COc1ccc(CN(c2ccon2)S(=O)(=O)c2ccc3c(ccc(=O)n3-c3ccc(Br)cc3OC)c2)cc1.COc1ccc(CNc2ccon2)cc1. The van der Waals surface area contributed by atoms with E-state index in [1.807, 2.05) is 24.3 Å². The van der Waals surface area contributed by atoms with Crippen molar-refractivity contribution in [3.8, 4) is 40.1 Å². The molecule has 0 saturated heterocycles. The van der Waals surface area contributed by atoms with Crippen LogP contribution in [0.4, 0.5) is 33.6 Å². The third-order valence-electron chi connectivity index (χ3n) is 13.0. The first-order valence-electron chi connectivity index (χ1n) is 25.4. The van der Waals surface area contributed by atoms with Crippen LogP contribution in [0.15, 0.2) is 208 Å². The molecule has 4 heterocycles. The van der Waals surface area contributed by atoms with Gasteiger partial charge < -0.3 is 37.5 Å². The Hall–Kier alpha value is -9.51. The second kappa shape index (κ2) is 27.0. The van der Waals surface area contributed by atoms with Gasteiger partial charge in [0.2, 0.25) is 34.8 Å². The van der Waals surface area contributed by atoms with Crippen molar-refractivity contribution in [3.63, 3.8) is 0 Å². The van der Waals surface area contributed by atoms with Crippen LogP contribution >= 0.6 is 31.9 Å². The number of sulfonamides is 1. The molecular weight excluding hydrogens is 1330 g/mol. The number of anilines is 2. The fourth-order valence-electron chi connectivity index (χ4n) is 8.64. The fourth-order valence-corrected chi connectivity index (χ4v) is 11.7. The Morgan fingerprint density at radius 2 is 1.00 bits per heavy atom. The first-order chi connectivity index (χ1) is 42.1. The van der Waals surface area contributed by atoms with Gasteiger partial charge in [-0.1, -0.05) is 66.4 Å². The van der Waals surface area contributed by atoms with E-state index in [1.54, 1.807) is 93.1 Å². The summed E-state index contributed by atoms with van der Waals surface area (Å²) >= 11 is 6.70. The maximum absolute atomic E-state index is 13.9. The molecule has 11 aromatic rings. The van der Waals surface area contributed by atoms with Gasteiger partial charge >= 0.3 is 10.1 Å². The van der Waals surface area contributed by atoms with Crippen molar-refractivity contribution in [2.75, 3.05) is 38.1 Å². The van der Waals surface area contributed by atoms with Crippen LogP contribution in [0.2, 0.25) is 0 Å². The van der Waals surface area contributed by atoms with Gasteiger partial charge in [0, 0.05) is 50.5 Å². The zero-order valence-corrected chi connectivity index (χ0v) is 50.9. The molecule has 0 unspecified atom stereocenters. The Kier molecular flexibility index (Phi) is 19.4. The van der Waals surface area contributed by atoms with Gasteiger partial charge in [-0.05, 0) is 120 Å². The maximum atomic E-state index is 13.9. The minimum absolute atomic E-state index is 0.0203. The molecule has 1 N–H and O–H groups in total. The summed E-state index contributed by atoms with van der Waals surface area (Å²) in [5.74, 6) is -10.8. The van der Waals surface area contributed by atoms with E-state index < -0.39 is 65.4 Å². The highest BCUT2D eigenvalue weighted by atomic mass is 79.9. The minimum Gasteiger partial charge on any atom is -0.497 e. The summed E-state index contributed by atoms with van der Waals surface area (Å²) in [6.45, 7) is 0.739. The second-order valence-corrected chi connectivity index (χ2v) is 23.6. The molecule has 7 aromatic carbocycles. The largest absolute Gasteiger partial charge is 0.497 e. The molecule has 19 nitrogen and oxygen atoms in total. The van der Waals surface area contributed by atoms with Crippen LogP contribution in [0.25, 0.3) is 33.2 Å². The Morgan fingerprint density at radius 1 is 0.523 bits per heavy atom. The maximum Gasteiger partial charge on any atom is 0.339 e. The number of methoxy groups -OCH3 is 4. The van der Waals surface area contributed by atoms with E-state index in [0.717, 1.165) is 46.3 Å². The number of nitrogens with zero attached hydrogens (tertiary/aromatic N) is 5. The molecule has 0 aliphatic heterocycles. The second-order valence-electron chi connectivity index (χ2n) is 18.3. The highest BCUT2D eigenvalue weighted by Crippen LogP contribution is 2.35. The molecule has 0 bridgehead atoms. The van der Waals surface area contributed by atoms with Crippen LogP contribution in [-0.4, -0.2) is 64.7 Å². The number of fused-ring (bicyclic) bond motifs is 2. The summed E-state index contributed by atoms with van der Waals surface area (Å²) in [4.78, 5) is 24.9. The number of ether oxygens (including phenoxy) is 4. The lowest BCUT2D eigenvalue weighted by molar-refractivity contribution is 0.346. The van der Waals surface area contributed by atoms with Gasteiger partial charge in [0.05, 0.1) is 62.3 Å². The Labute approximate surface area is 514 Å². The normalized spacial score (nSPS) is 11.3. The van der Waals surface area contributed by atoms with Gasteiger partial charge in [-0.15, -0.1) is 0 Å². The van der Waals surface area contributed by atoms with Crippen LogP contribution in [-0.2, 0) is 33.2 Å². The third kappa shape index (κ3) is 13.7. The minimum atomic E-state index is -5.06. The summed E-state index contributed by atoms with van der Waals surface area (Å²) in [6.07, 6.45) is 2.85. The number of hydrogen-bond acceptors (Lipinski definition) is 16. The van der Waals surface area contributed by atoms with Gasteiger partial charge in [0.25, 0.3) is 21.1 Å². The van der Waals surface area contributed by atoms with Gasteiger partial charge in [-0.3, -0.25) is 18.7 Å². The monoisotopic (exact) mass is 1370 g/mol. The van der Waals surface area contributed by atoms with Gasteiger partial charge in [0.15, 0.2) is 11.6 Å². The Balaban J connectivity index is 0.000000171. The predicted molar refractivity (Wildman–Crippen MR) is 321 cm³/mol. The average molecular weight is 1380 g/mol. The molecule has 88 heavy (non-hydrogen) atoms. The fraction of sp³-hybridized carbons (Fsp3) is 0.100. The number of nitrogens with one attached hydrogen (secondary N) is 1. The van der Waals surface area contributed by atoms with E-state index in [2.05, 4.69) is 51.7 Å². The number of benzene rings is 7. The number of pyridine rings is 2. The molecule has 28 heteroatoms. The van der Waals surface area contributed by atoms with Crippen molar-refractivity contribution in [2.24, 2.45) is 0 Å². The molecule has 4 aromatic heterocycles. The van der Waals surface area contributed by atoms with E-state index in [9.17, 15) is 48.4 Å². The van der Waals surface area contributed by atoms with Gasteiger partial charge in [-0.25, -0.2) is 25.9 Å².